The average Bonchev–Trinajstić information content (AvgIpc) is 2.36. The van der Waals surface area contributed by atoms with Gasteiger partial charge in [0, 0.05) is 17.6 Å². The molecule has 0 bridgehead atoms. The maximum absolute atomic E-state index is 13.5. The molecule has 0 aliphatic heterocycles. The summed E-state index contributed by atoms with van der Waals surface area (Å²) in [5.41, 5.74) is 6.91. The minimum Gasteiger partial charge on any atom is -0.409 e. The summed E-state index contributed by atoms with van der Waals surface area (Å²) in [7, 11) is 0. The van der Waals surface area contributed by atoms with Gasteiger partial charge in [-0.2, -0.15) is 0 Å². The molecular weight excluding hydrogens is 245 g/mol. The van der Waals surface area contributed by atoms with Crippen LogP contribution in [0.15, 0.2) is 23.4 Å². The summed E-state index contributed by atoms with van der Waals surface area (Å²) in [4.78, 5) is 0. The molecule has 5 heteroatoms. The van der Waals surface area contributed by atoms with Gasteiger partial charge in [0.1, 0.15) is 5.82 Å². The zero-order chi connectivity index (χ0) is 13.9. The van der Waals surface area contributed by atoms with Crippen LogP contribution in [0.4, 0.5) is 4.39 Å². The highest BCUT2D eigenvalue weighted by Gasteiger charge is 2.34. The minimum absolute atomic E-state index is 0.0744. The zero-order valence-corrected chi connectivity index (χ0v) is 11.1. The molecule has 0 aromatic heterocycles. The quantitative estimate of drug-likeness (QED) is 0.331. The van der Waals surface area contributed by atoms with Gasteiger partial charge in [0.15, 0.2) is 5.84 Å². The van der Waals surface area contributed by atoms with E-state index in [9.17, 15) is 4.39 Å². The smallest absolute Gasteiger partial charge is 0.170 e. The van der Waals surface area contributed by atoms with Crippen LogP contribution >= 0.6 is 0 Å². The molecule has 0 unspecified atom stereocenters. The number of oxime groups is 1. The molecule has 0 radical (unpaired) electrons. The average molecular weight is 265 g/mol. The third kappa shape index (κ3) is 3.04. The molecule has 0 saturated heterocycles. The van der Waals surface area contributed by atoms with E-state index < -0.39 is 0 Å². The topological polar surface area (TPSA) is 70.6 Å². The van der Waals surface area contributed by atoms with Crippen molar-refractivity contribution in [2.75, 3.05) is 0 Å². The summed E-state index contributed by atoms with van der Waals surface area (Å²) in [5.74, 6) is -0.449. The predicted molar refractivity (Wildman–Crippen MR) is 72.6 cm³/mol. The zero-order valence-electron chi connectivity index (χ0n) is 11.1. The number of nitrogens with two attached hydrogens (primary N) is 1. The van der Waals surface area contributed by atoms with Gasteiger partial charge in [-0.1, -0.05) is 12.1 Å². The summed E-state index contributed by atoms with van der Waals surface area (Å²) in [6, 6.07) is 4.48. The summed E-state index contributed by atoms with van der Waals surface area (Å²) in [6.07, 6.45) is 4.67. The first-order chi connectivity index (χ1) is 9.08. The van der Waals surface area contributed by atoms with Gasteiger partial charge in [-0.05, 0) is 49.4 Å². The van der Waals surface area contributed by atoms with Gasteiger partial charge in [-0.25, -0.2) is 4.39 Å². The third-order valence-electron chi connectivity index (χ3n) is 4.02. The second-order valence-electron chi connectivity index (χ2n) is 5.17. The van der Waals surface area contributed by atoms with Crippen LogP contribution in [0.25, 0.3) is 0 Å². The number of nitrogens with one attached hydrogen (secondary N) is 1. The van der Waals surface area contributed by atoms with Crippen molar-refractivity contribution in [2.24, 2.45) is 10.9 Å². The molecular formula is C14H20FN3O. The maximum atomic E-state index is 13.5. The molecule has 0 atom stereocenters. The Bertz CT molecular complexity index is 478. The second-order valence-corrected chi connectivity index (χ2v) is 5.17. The van der Waals surface area contributed by atoms with Crippen molar-refractivity contribution in [1.82, 2.24) is 5.32 Å². The van der Waals surface area contributed by atoms with Crippen molar-refractivity contribution in [3.05, 3.63) is 35.1 Å². The van der Waals surface area contributed by atoms with E-state index >= 15 is 0 Å². The van der Waals surface area contributed by atoms with Gasteiger partial charge in [0.2, 0.25) is 0 Å². The summed E-state index contributed by atoms with van der Waals surface area (Å²) >= 11 is 0. The lowest BCUT2D eigenvalue weighted by molar-refractivity contribution is 0.175. The van der Waals surface area contributed by atoms with Crippen molar-refractivity contribution in [2.45, 2.75) is 44.7 Å². The van der Waals surface area contributed by atoms with E-state index in [0.717, 1.165) is 12.0 Å². The van der Waals surface area contributed by atoms with Crippen molar-refractivity contribution in [3.8, 4) is 0 Å². The lowest BCUT2D eigenvalue weighted by Crippen LogP contribution is -2.49. The lowest BCUT2D eigenvalue weighted by atomic mass is 9.75. The molecule has 4 N–H and O–H groups in total. The Morgan fingerprint density at radius 3 is 2.74 bits per heavy atom. The highest BCUT2D eigenvalue weighted by molar-refractivity contribution is 5.97. The van der Waals surface area contributed by atoms with Gasteiger partial charge in [0.05, 0.1) is 0 Å². The molecule has 104 valence electrons. The van der Waals surface area contributed by atoms with Crippen LogP contribution < -0.4 is 11.1 Å². The van der Waals surface area contributed by atoms with Crippen molar-refractivity contribution >= 4 is 5.84 Å². The number of halogens is 1. The standard InChI is InChI=1S/C14H20FN3O/c1-2-14(4-3-5-14)17-9-10-6-11(13(16)18-19)8-12(15)7-10/h6-8,17,19H,2-5,9H2,1H3,(H2,16,18). The van der Waals surface area contributed by atoms with E-state index in [-0.39, 0.29) is 17.2 Å². The molecule has 0 amide bonds. The van der Waals surface area contributed by atoms with E-state index in [0.29, 0.717) is 12.1 Å². The number of nitrogens with zero attached hydrogens (tertiary/aromatic N) is 1. The fourth-order valence-electron chi connectivity index (χ4n) is 2.51. The van der Waals surface area contributed by atoms with Crippen molar-refractivity contribution in [3.63, 3.8) is 0 Å². The first kappa shape index (κ1) is 13.8. The van der Waals surface area contributed by atoms with E-state index in [1.807, 2.05) is 0 Å². The molecule has 1 aliphatic rings. The van der Waals surface area contributed by atoms with Crippen LogP contribution in [0.2, 0.25) is 0 Å². The van der Waals surface area contributed by atoms with E-state index in [1.165, 1.54) is 31.4 Å². The summed E-state index contributed by atoms with van der Waals surface area (Å²) in [5, 5.41) is 15.0. The third-order valence-corrected chi connectivity index (χ3v) is 4.02. The molecule has 1 fully saturated rings. The highest BCUT2D eigenvalue weighted by atomic mass is 19.1. The summed E-state index contributed by atoms with van der Waals surface area (Å²) in [6.45, 7) is 2.76. The van der Waals surface area contributed by atoms with Gasteiger partial charge in [-0.15, -0.1) is 0 Å². The highest BCUT2D eigenvalue weighted by Crippen LogP contribution is 2.34. The van der Waals surface area contributed by atoms with Gasteiger partial charge in [-0.3, -0.25) is 0 Å². The Hall–Kier alpha value is -1.62. The molecule has 4 nitrogen and oxygen atoms in total. The minimum atomic E-state index is -0.375. The number of amidine groups is 1. The molecule has 2 rings (SSSR count). The van der Waals surface area contributed by atoms with Gasteiger partial charge >= 0.3 is 0 Å². The normalized spacial score (nSPS) is 18.1. The first-order valence-electron chi connectivity index (χ1n) is 6.61. The molecule has 1 aliphatic carbocycles. The molecule has 1 aromatic carbocycles. The molecule has 1 saturated carbocycles. The molecule has 1 aromatic rings. The Morgan fingerprint density at radius 2 is 2.21 bits per heavy atom. The molecule has 0 spiro atoms. The summed E-state index contributed by atoms with van der Waals surface area (Å²) < 4.78 is 13.5. The number of hydrogen-bond acceptors (Lipinski definition) is 3. The van der Waals surface area contributed by atoms with Crippen LogP contribution in [-0.4, -0.2) is 16.6 Å². The van der Waals surface area contributed by atoms with Crippen LogP contribution in [0.1, 0.15) is 43.7 Å². The largest absolute Gasteiger partial charge is 0.409 e. The van der Waals surface area contributed by atoms with E-state index in [1.54, 1.807) is 6.07 Å². The van der Waals surface area contributed by atoms with Crippen LogP contribution in [0, 0.1) is 5.82 Å². The van der Waals surface area contributed by atoms with Gasteiger partial charge < -0.3 is 16.3 Å². The number of rotatable bonds is 5. The Labute approximate surface area is 112 Å². The van der Waals surface area contributed by atoms with Gasteiger partial charge in [0.25, 0.3) is 0 Å². The van der Waals surface area contributed by atoms with E-state index in [4.69, 9.17) is 10.9 Å². The monoisotopic (exact) mass is 265 g/mol. The van der Waals surface area contributed by atoms with Crippen molar-refractivity contribution < 1.29 is 9.60 Å². The SMILES string of the molecule is CCC1(NCc2cc(F)cc(/C(N)=N/O)c2)CCC1. The fraction of sp³-hybridized carbons (Fsp3) is 0.500. The van der Waals surface area contributed by atoms with Crippen LogP contribution in [-0.2, 0) is 6.54 Å². The van der Waals surface area contributed by atoms with E-state index in [2.05, 4.69) is 17.4 Å². The number of benzene rings is 1. The number of hydrogen-bond donors (Lipinski definition) is 3. The molecule has 19 heavy (non-hydrogen) atoms. The van der Waals surface area contributed by atoms with Crippen LogP contribution in [0.5, 0.6) is 0 Å². The Morgan fingerprint density at radius 1 is 1.47 bits per heavy atom. The predicted octanol–water partition coefficient (Wildman–Crippen LogP) is 2.34. The Balaban J connectivity index is 2.10. The lowest BCUT2D eigenvalue weighted by Gasteiger charge is -2.42. The van der Waals surface area contributed by atoms with Crippen molar-refractivity contribution in [1.29, 1.82) is 0 Å². The molecule has 0 heterocycles. The second kappa shape index (κ2) is 5.57. The Kier molecular flexibility index (Phi) is 4.04. The van der Waals surface area contributed by atoms with Crippen LogP contribution in [0.3, 0.4) is 0 Å². The maximum Gasteiger partial charge on any atom is 0.170 e. The fourth-order valence-corrected chi connectivity index (χ4v) is 2.51. The first-order valence-corrected chi connectivity index (χ1v) is 6.61.